The van der Waals surface area contributed by atoms with Gasteiger partial charge in [0, 0.05) is 38.8 Å². The quantitative estimate of drug-likeness (QED) is 0.798. The molecule has 2 saturated heterocycles. The molecule has 4 nitrogen and oxygen atoms in total. The second-order valence-electron chi connectivity index (χ2n) is 7.01. The molecule has 2 heterocycles. The molecule has 118 valence electrons. The summed E-state index contributed by atoms with van der Waals surface area (Å²) in [7, 11) is 2.24. The fraction of sp³-hybridized carbons (Fsp3) is 1.00. The van der Waals surface area contributed by atoms with Gasteiger partial charge in [-0.3, -0.25) is 4.90 Å². The van der Waals surface area contributed by atoms with E-state index in [1.807, 2.05) is 0 Å². The molecular weight excluding hydrogens is 250 g/mol. The lowest BCUT2D eigenvalue weighted by atomic mass is 10.0. The van der Waals surface area contributed by atoms with Crippen LogP contribution in [0.3, 0.4) is 0 Å². The molecule has 0 bridgehead atoms. The van der Waals surface area contributed by atoms with E-state index in [-0.39, 0.29) is 0 Å². The Morgan fingerprint density at radius 2 is 2.15 bits per heavy atom. The highest BCUT2D eigenvalue weighted by atomic mass is 16.5. The maximum Gasteiger partial charge on any atom is 0.0829 e. The van der Waals surface area contributed by atoms with Crippen molar-refractivity contribution in [1.29, 1.82) is 0 Å². The van der Waals surface area contributed by atoms with Crippen LogP contribution in [-0.4, -0.2) is 74.9 Å². The highest BCUT2D eigenvalue weighted by molar-refractivity contribution is 4.79. The lowest BCUT2D eigenvalue weighted by Crippen LogP contribution is -2.50. The van der Waals surface area contributed by atoms with Gasteiger partial charge < -0.3 is 15.0 Å². The van der Waals surface area contributed by atoms with E-state index in [4.69, 9.17) is 4.74 Å². The molecule has 0 aliphatic carbocycles. The minimum atomic E-state index is 0.385. The fourth-order valence-corrected chi connectivity index (χ4v) is 3.45. The number of hydrogen-bond acceptors (Lipinski definition) is 4. The molecule has 2 aliphatic rings. The molecule has 4 heteroatoms. The van der Waals surface area contributed by atoms with Gasteiger partial charge in [-0.15, -0.1) is 0 Å². The van der Waals surface area contributed by atoms with Crippen LogP contribution in [0, 0.1) is 5.92 Å². The van der Waals surface area contributed by atoms with E-state index in [1.54, 1.807) is 0 Å². The first kappa shape index (κ1) is 16.2. The van der Waals surface area contributed by atoms with Crippen LogP contribution in [0.15, 0.2) is 0 Å². The van der Waals surface area contributed by atoms with Gasteiger partial charge in [-0.1, -0.05) is 20.3 Å². The second-order valence-corrected chi connectivity index (χ2v) is 7.01. The molecule has 0 spiro atoms. The topological polar surface area (TPSA) is 27.7 Å². The van der Waals surface area contributed by atoms with E-state index < -0.39 is 0 Å². The van der Waals surface area contributed by atoms with E-state index >= 15 is 0 Å². The number of hydrogen-bond donors (Lipinski definition) is 1. The molecule has 20 heavy (non-hydrogen) atoms. The van der Waals surface area contributed by atoms with Crippen LogP contribution < -0.4 is 5.32 Å². The van der Waals surface area contributed by atoms with Gasteiger partial charge in [0.15, 0.2) is 0 Å². The minimum Gasteiger partial charge on any atom is -0.374 e. The average Bonchev–Trinajstić information content (AvgIpc) is 2.39. The Kier molecular flexibility index (Phi) is 6.75. The SMILES string of the molecule is CC(C)CN1CCOC(CN(C)CC2CCCCN2)C1. The first-order valence-corrected chi connectivity index (χ1v) is 8.39. The van der Waals surface area contributed by atoms with Gasteiger partial charge >= 0.3 is 0 Å². The van der Waals surface area contributed by atoms with Crippen LogP contribution >= 0.6 is 0 Å². The zero-order valence-corrected chi connectivity index (χ0v) is 13.6. The third-order valence-electron chi connectivity index (χ3n) is 4.31. The largest absolute Gasteiger partial charge is 0.374 e. The average molecular weight is 283 g/mol. The Morgan fingerprint density at radius 1 is 1.30 bits per heavy atom. The summed E-state index contributed by atoms with van der Waals surface area (Å²) in [6.07, 6.45) is 4.44. The molecule has 0 aromatic heterocycles. The molecule has 2 rings (SSSR count). The van der Waals surface area contributed by atoms with E-state index in [0.29, 0.717) is 12.1 Å². The maximum absolute atomic E-state index is 5.95. The number of rotatable bonds is 6. The van der Waals surface area contributed by atoms with E-state index in [9.17, 15) is 0 Å². The van der Waals surface area contributed by atoms with Crippen molar-refractivity contribution in [2.24, 2.45) is 5.92 Å². The Bertz CT molecular complexity index is 266. The van der Waals surface area contributed by atoms with Gasteiger partial charge in [0.05, 0.1) is 12.7 Å². The predicted octanol–water partition coefficient (Wildman–Crippen LogP) is 1.42. The Balaban J connectivity index is 1.68. The summed E-state index contributed by atoms with van der Waals surface area (Å²) < 4.78 is 5.95. The van der Waals surface area contributed by atoms with Gasteiger partial charge in [-0.2, -0.15) is 0 Å². The summed E-state index contributed by atoms with van der Waals surface area (Å²) >= 11 is 0. The maximum atomic E-state index is 5.95. The molecule has 2 unspecified atom stereocenters. The lowest BCUT2D eigenvalue weighted by molar-refractivity contribution is -0.0441. The lowest BCUT2D eigenvalue weighted by Gasteiger charge is -2.36. The van der Waals surface area contributed by atoms with Crippen molar-refractivity contribution in [2.75, 3.05) is 52.9 Å². The molecule has 0 saturated carbocycles. The van der Waals surface area contributed by atoms with Gasteiger partial charge in [0.25, 0.3) is 0 Å². The molecule has 0 aromatic carbocycles. The molecule has 0 aromatic rings. The minimum absolute atomic E-state index is 0.385. The van der Waals surface area contributed by atoms with Crippen molar-refractivity contribution in [3.8, 4) is 0 Å². The summed E-state index contributed by atoms with van der Waals surface area (Å²) in [5, 5.41) is 3.63. The van der Waals surface area contributed by atoms with Gasteiger partial charge in [-0.05, 0) is 32.4 Å². The third kappa shape index (κ3) is 5.68. The smallest absolute Gasteiger partial charge is 0.0829 e. The molecule has 2 atom stereocenters. The van der Waals surface area contributed by atoms with E-state index in [0.717, 1.165) is 38.7 Å². The van der Waals surface area contributed by atoms with Crippen molar-refractivity contribution >= 4 is 0 Å². The van der Waals surface area contributed by atoms with Gasteiger partial charge in [-0.25, -0.2) is 0 Å². The van der Waals surface area contributed by atoms with Crippen LogP contribution in [0.5, 0.6) is 0 Å². The van der Waals surface area contributed by atoms with E-state index in [2.05, 4.69) is 36.0 Å². The van der Waals surface area contributed by atoms with E-state index in [1.165, 1.54) is 32.4 Å². The number of nitrogens with zero attached hydrogens (tertiary/aromatic N) is 2. The summed E-state index contributed by atoms with van der Waals surface area (Å²) in [6, 6.07) is 0.684. The second kappa shape index (κ2) is 8.32. The third-order valence-corrected chi connectivity index (χ3v) is 4.31. The van der Waals surface area contributed by atoms with Gasteiger partial charge in [0.2, 0.25) is 0 Å². The standard InChI is InChI=1S/C16H33N3O/c1-14(2)10-19-8-9-20-16(13-19)12-18(3)11-15-6-4-5-7-17-15/h14-17H,4-13H2,1-3H3. The number of ether oxygens (including phenoxy) is 1. The predicted molar refractivity (Wildman–Crippen MR) is 84.2 cm³/mol. The molecular formula is C16H33N3O. The molecule has 2 aliphatic heterocycles. The first-order valence-electron chi connectivity index (χ1n) is 8.39. The Morgan fingerprint density at radius 3 is 2.85 bits per heavy atom. The van der Waals surface area contributed by atoms with Crippen molar-refractivity contribution in [1.82, 2.24) is 15.1 Å². The number of morpholine rings is 1. The van der Waals surface area contributed by atoms with Crippen molar-refractivity contribution in [2.45, 2.75) is 45.3 Å². The Hall–Kier alpha value is -0.160. The summed E-state index contributed by atoms with van der Waals surface area (Å²) in [6.45, 7) is 12.3. The molecule has 0 amide bonds. The van der Waals surface area contributed by atoms with Crippen LogP contribution in [-0.2, 0) is 4.74 Å². The van der Waals surface area contributed by atoms with Crippen molar-refractivity contribution in [3.63, 3.8) is 0 Å². The molecule has 2 fully saturated rings. The van der Waals surface area contributed by atoms with Crippen LogP contribution in [0.4, 0.5) is 0 Å². The highest BCUT2D eigenvalue weighted by Crippen LogP contribution is 2.11. The number of likely N-dealkylation sites (N-methyl/N-ethyl adjacent to an activating group) is 1. The zero-order valence-electron chi connectivity index (χ0n) is 13.6. The van der Waals surface area contributed by atoms with Gasteiger partial charge in [0.1, 0.15) is 0 Å². The van der Waals surface area contributed by atoms with Crippen LogP contribution in [0.2, 0.25) is 0 Å². The monoisotopic (exact) mass is 283 g/mol. The zero-order chi connectivity index (χ0) is 14.4. The fourth-order valence-electron chi connectivity index (χ4n) is 3.45. The summed E-state index contributed by atoms with van der Waals surface area (Å²) in [5.41, 5.74) is 0. The molecule has 1 N–H and O–H groups in total. The normalized spacial score (nSPS) is 29.2. The van der Waals surface area contributed by atoms with Crippen LogP contribution in [0.1, 0.15) is 33.1 Å². The summed E-state index contributed by atoms with van der Waals surface area (Å²) in [5.74, 6) is 0.748. The number of piperidine rings is 1. The summed E-state index contributed by atoms with van der Waals surface area (Å²) in [4.78, 5) is 5.01. The van der Waals surface area contributed by atoms with Crippen molar-refractivity contribution in [3.05, 3.63) is 0 Å². The van der Waals surface area contributed by atoms with Crippen LogP contribution in [0.25, 0.3) is 0 Å². The Labute approximate surface area is 124 Å². The highest BCUT2D eigenvalue weighted by Gasteiger charge is 2.23. The molecule has 0 radical (unpaired) electrons. The first-order chi connectivity index (χ1) is 9.63. The number of nitrogens with one attached hydrogen (secondary N) is 1. The van der Waals surface area contributed by atoms with Crippen molar-refractivity contribution < 1.29 is 4.74 Å².